The van der Waals surface area contributed by atoms with E-state index in [1.165, 1.54) is 18.4 Å². The van der Waals surface area contributed by atoms with Crippen molar-refractivity contribution in [2.45, 2.75) is 25.3 Å². The van der Waals surface area contributed by atoms with Crippen LogP contribution in [0.15, 0.2) is 15.9 Å². The molecule has 0 aromatic carbocycles. The van der Waals surface area contributed by atoms with Gasteiger partial charge in [0.1, 0.15) is 0 Å². The van der Waals surface area contributed by atoms with Crippen molar-refractivity contribution in [2.75, 3.05) is 6.54 Å². The van der Waals surface area contributed by atoms with Crippen molar-refractivity contribution in [3.05, 3.63) is 20.8 Å². The highest BCUT2D eigenvalue weighted by molar-refractivity contribution is 9.10. The molecular formula is C10H10BrF6NS. The second-order valence-corrected chi connectivity index (χ2v) is 5.53. The van der Waals surface area contributed by atoms with Crippen LogP contribution in [0.25, 0.3) is 0 Å². The van der Waals surface area contributed by atoms with Crippen molar-refractivity contribution in [1.82, 2.24) is 5.32 Å². The summed E-state index contributed by atoms with van der Waals surface area (Å²) in [7, 11) is 0. The minimum atomic E-state index is -5.37. The van der Waals surface area contributed by atoms with Crippen LogP contribution in [0.5, 0.6) is 0 Å². The van der Waals surface area contributed by atoms with E-state index in [-0.39, 0.29) is 15.9 Å². The van der Waals surface area contributed by atoms with Gasteiger partial charge in [-0.05, 0) is 33.9 Å². The second kappa shape index (κ2) is 6.01. The topological polar surface area (TPSA) is 12.0 Å². The SMILES string of the molecule is CCNC(c1sccc1Br)C(C(F)(F)F)C(F)(F)F. The van der Waals surface area contributed by atoms with Crippen LogP contribution < -0.4 is 5.32 Å². The van der Waals surface area contributed by atoms with Crippen LogP contribution in [0.4, 0.5) is 26.3 Å². The average Bonchev–Trinajstić information content (AvgIpc) is 2.59. The maximum Gasteiger partial charge on any atom is 0.402 e. The van der Waals surface area contributed by atoms with Gasteiger partial charge in [-0.2, -0.15) is 26.3 Å². The molecule has 0 saturated heterocycles. The van der Waals surface area contributed by atoms with Gasteiger partial charge in [0.15, 0.2) is 5.92 Å². The van der Waals surface area contributed by atoms with E-state index >= 15 is 0 Å². The number of hydrogen-bond donors (Lipinski definition) is 1. The van der Waals surface area contributed by atoms with Gasteiger partial charge in [-0.15, -0.1) is 11.3 Å². The van der Waals surface area contributed by atoms with Gasteiger partial charge in [-0.25, -0.2) is 0 Å². The summed E-state index contributed by atoms with van der Waals surface area (Å²) in [6.07, 6.45) is -10.7. The Balaban J connectivity index is 3.25. The molecule has 0 fully saturated rings. The fourth-order valence-electron chi connectivity index (χ4n) is 1.67. The van der Waals surface area contributed by atoms with E-state index in [9.17, 15) is 26.3 Å². The Morgan fingerprint density at radius 1 is 1.21 bits per heavy atom. The summed E-state index contributed by atoms with van der Waals surface area (Å²) in [4.78, 5) is -0.0125. The predicted molar refractivity (Wildman–Crippen MR) is 64.0 cm³/mol. The summed E-state index contributed by atoms with van der Waals surface area (Å²) in [5.74, 6) is -3.44. The molecule has 1 aromatic heterocycles. The molecule has 0 aliphatic heterocycles. The molecular weight excluding hydrogens is 360 g/mol. The van der Waals surface area contributed by atoms with Gasteiger partial charge in [0.05, 0.1) is 6.04 Å². The molecule has 1 N–H and O–H groups in total. The molecule has 0 radical (unpaired) electrons. The zero-order valence-electron chi connectivity index (χ0n) is 9.57. The Kier molecular flexibility index (Phi) is 5.30. The third kappa shape index (κ3) is 4.09. The smallest absolute Gasteiger partial charge is 0.309 e. The zero-order valence-corrected chi connectivity index (χ0v) is 12.0. The Labute approximate surface area is 118 Å². The van der Waals surface area contributed by atoms with E-state index in [0.29, 0.717) is 0 Å². The highest BCUT2D eigenvalue weighted by Gasteiger charge is 2.60. The molecule has 0 aliphatic rings. The van der Waals surface area contributed by atoms with Gasteiger partial charge >= 0.3 is 12.4 Å². The summed E-state index contributed by atoms with van der Waals surface area (Å²) < 4.78 is 76.7. The lowest BCUT2D eigenvalue weighted by atomic mass is 9.96. The summed E-state index contributed by atoms with van der Waals surface area (Å²) in [6.45, 7) is 1.45. The van der Waals surface area contributed by atoms with E-state index in [4.69, 9.17) is 0 Å². The molecule has 1 aromatic rings. The predicted octanol–water partition coefficient (Wildman–Crippen LogP) is 4.90. The number of halogens is 7. The maximum absolute atomic E-state index is 12.7. The van der Waals surface area contributed by atoms with Crippen molar-refractivity contribution in [2.24, 2.45) is 5.92 Å². The van der Waals surface area contributed by atoms with E-state index in [1.54, 1.807) is 0 Å². The van der Waals surface area contributed by atoms with Gasteiger partial charge in [0.25, 0.3) is 0 Å². The highest BCUT2D eigenvalue weighted by atomic mass is 79.9. The minimum absolute atomic E-state index is 0.00231. The monoisotopic (exact) mass is 369 g/mol. The first-order valence-electron chi connectivity index (χ1n) is 5.18. The van der Waals surface area contributed by atoms with Crippen LogP contribution in [-0.2, 0) is 0 Å². The molecule has 1 atom stereocenters. The van der Waals surface area contributed by atoms with Crippen LogP contribution in [0.1, 0.15) is 17.8 Å². The Hall–Kier alpha value is -0.280. The molecule has 1 rings (SSSR count). The van der Waals surface area contributed by atoms with Crippen molar-refractivity contribution in [3.63, 3.8) is 0 Å². The van der Waals surface area contributed by atoms with Crippen molar-refractivity contribution in [3.8, 4) is 0 Å². The fourth-order valence-corrected chi connectivity index (χ4v) is 3.40. The highest BCUT2D eigenvalue weighted by Crippen LogP contribution is 2.48. The van der Waals surface area contributed by atoms with Crippen LogP contribution in [0, 0.1) is 5.92 Å². The van der Waals surface area contributed by atoms with E-state index < -0.39 is 24.3 Å². The minimum Gasteiger partial charge on any atom is -0.309 e. The summed E-state index contributed by atoms with van der Waals surface area (Å²) in [5.41, 5.74) is 0. The maximum atomic E-state index is 12.7. The van der Waals surface area contributed by atoms with E-state index in [2.05, 4.69) is 21.2 Å². The lowest BCUT2D eigenvalue weighted by molar-refractivity contribution is -0.292. The molecule has 0 saturated carbocycles. The number of hydrogen-bond acceptors (Lipinski definition) is 2. The number of alkyl halides is 6. The third-order valence-electron chi connectivity index (χ3n) is 2.39. The second-order valence-electron chi connectivity index (χ2n) is 3.73. The van der Waals surface area contributed by atoms with Gasteiger partial charge in [0.2, 0.25) is 0 Å². The van der Waals surface area contributed by atoms with Gasteiger partial charge in [-0.3, -0.25) is 0 Å². The van der Waals surface area contributed by atoms with Crippen molar-refractivity contribution in [1.29, 1.82) is 0 Å². The molecule has 1 nitrogen and oxygen atoms in total. The zero-order chi connectivity index (χ0) is 14.8. The largest absolute Gasteiger partial charge is 0.402 e. The lowest BCUT2D eigenvalue weighted by Crippen LogP contribution is -2.45. The first-order valence-corrected chi connectivity index (χ1v) is 6.86. The van der Waals surface area contributed by atoms with Crippen LogP contribution >= 0.6 is 27.3 Å². The summed E-state index contributed by atoms with van der Waals surface area (Å²) in [5, 5.41) is 3.72. The molecule has 9 heteroatoms. The number of nitrogens with one attached hydrogen (secondary N) is 1. The summed E-state index contributed by atoms with van der Waals surface area (Å²) in [6, 6.07) is -0.423. The quantitative estimate of drug-likeness (QED) is 0.744. The van der Waals surface area contributed by atoms with Crippen LogP contribution in [0.2, 0.25) is 0 Å². The van der Waals surface area contributed by atoms with E-state index in [0.717, 1.165) is 11.3 Å². The molecule has 110 valence electrons. The summed E-state index contributed by atoms with van der Waals surface area (Å²) >= 11 is 3.82. The normalized spacial score (nSPS) is 15.0. The van der Waals surface area contributed by atoms with Crippen LogP contribution in [0.3, 0.4) is 0 Å². The van der Waals surface area contributed by atoms with Gasteiger partial charge in [0, 0.05) is 9.35 Å². The van der Waals surface area contributed by atoms with Gasteiger partial charge < -0.3 is 5.32 Å². The van der Waals surface area contributed by atoms with Gasteiger partial charge in [-0.1, -0.05) is 6.92 Å². The molecule has 0 amide bonds. The first kappa shape index (κ1) is 16.8. The molecule has 1 heterocycles. The third-order valence-corrected chi connectivity index (χ3v) is 4.34. The van der Waals surface area contributed by atoms with Crippen molar-refractivity contribution < 1.29 is 26.3 Å². The molecule has 0 spiro atoms. The Morgan fingerprint density at radius 3 is 2.05 bits per heavy atom. The first-order chi connectivity index (χ1) is 8.59. The number of thiophene rings is 1. The van der Waals surface area contributed by atoms with Crippen LogP contribution in [-0.4, -0.2) is 18.9 Å². The fraction of sp³-hybridized carbons (Fsp3) is 0.600. The standard InChI is InChI=1S/C10H10BrF6NS/c1-2-18-6(7-5(11)3-4-19-7)8(9(12,13)14)10(15,16)17/h3-4,6,8,18H,2H2,1H3. The van der Waals surface area contributed by atoms with E-state index in [1.807, 2.05) is 0 Å². The van der Waals surface area contributed by atoms with Crippen molar-refractivity contribution >= 4 is 27.3 Å². The number of rotatable bonds is 4. The Morgan fingerprint density at radius 2 is 1.74 bits per heavy atom. The Bertz CT molecular complexity index is 399. The molecule has 19 heavy (non-hydrogen) atoms. The molecule has 0 aliphatic carbocycles. The lowest BCUT2D eigenvalue weighted by Gasteiger charge is -2.30. The molecule has 1 unspecified atom stereocenters. The average molecular weight is 370 g/mol. The molecule has 0 bridgehead atoms.